The number of para-hydroxylation sites is 2. The summed E-state index contributed by atoms with van der Waals surface area (Å²) in [6, 6.07) is 17.1. The maximum Gasteiger partial charge on any atom is 0.248 e. The first-order valence-electron chi connectivity index (χ1n) is 10.9. The number of rotatable bonds is 2. The highest BCUT2D eigenvalue weighted by molar-refractivity contribution is 6.20. The summed E-state index contributed by atoms with van der Waals surface area (Å²) in [5, 5.41) is 10.4. The molecular formula is C27H22N4O2. The van der Waals surface area contributed by atoms with Crippen LogP contribution in [-0.2, 0) is 15.0 Å². The minimum absolute atomic E-state index is 0.0362. The van der Waals surface area contributed by atoms with E-state index in [2.05, 4.69) is 12.0 Å². The second-order valence-electron chi connectivity index (χ2n) is 8.45. The van der Waals surface area contributed by atoms with Gasteiger partial charge in [0.15, 0.2) is 5.78 Å². The minimum Gasteiger partial charge on any atom is -0.384 e. The molecule has 2 aromatic carbocycles. The van der Waals surface area contributed by atoms with Gasteiger partial charge in [-0.25, -0.2) is 0 Å². The second-order valence-corrected chi connectivity index (χ2v) is 8.45. The van der Waals surface area contributed by atoms with E-state index in [0.29, 0.717) is 41.8 Å². The number of carbonyl (C=O) groups is 2. The van der Waals surface area contributed by atoms with Gasteiger partial charge in [0.25, 0.3) is 0 Å². The number of fused-ring (bicyclic) bond motifs is 3. The molecule has 0 aromatic heterocycles. The molecule has 0 bridgehead atoms. The summed E-state index contributed by atoms with van der Waals surface area (Å²) in [5.41, 5.74) is 9.15. The van der Waals surface area contributed by atoms with Crippen molar-refractivity contribution in [1.29, 1.82) is 5.26 Å². The lowest BCUT2D eigenvalue weighted by Crippen LogP contribution is -2.52. The monoisotopic (exact) mass is 434 g/mol. The summed E-state index contributed by atoms with van der Waals surface area (Å²) < 4.78 is 0. The summed E-state index contributed by atoms with van der Waals surface area (Å²) in [4.78, 5) is 31.0. The van der Waals surface area contributed by atoms with Crippen LogP contribution in [-0.4, -0.2) is 18.2 Å². The standard InChI is InChI=1S/C27H22N4O2/c1-3-15-30-21-12-7-5-10-18(21)27(26(30)33)19(16-28)25(29)31(20-11-6-4-9-17(20)2)22-13-8-14-23(32)24(22)27/h1,4-7,9-12H,8,13-15,29H2,2H3. The number of nitrogens with two attached hydrogens (primary N) is 1. The van der Waals surface area contributed by atoms with Crippen LogP contribution in [0.1, 0.15) is 30.4 Å². The van der Waals surface area contributed by atoms with Gasteiger partial charge in [-0.2, -0.15) is 5.26 Å². The number of amides is 1. The average molecular weight is 434 g/mol. The molecule has 3 aliphatic rings. The van der Waals surface area contributed by atoms with Crippen molar-refractivity contribution in [3.8, 4) is 18.4 Å². The number of ketones is 1. The molecule has 33 heavy (non-hydrogen) atoms. The number of aryl methyl sites for hydroxylation is 1. The molecule has 0 radical (unpaired) electrons. The molecule has 6 heteroatoms. The highest BCUT2D eigenvalue weighted by atomic mass is 16.2. The molecule has 0 fully saturated rings. The Kier molecular flexibility index (Phi) is 4.62. The second kappa shape index (κ2) is 7.39. The van der Waals surface area contributed by atoms with Crippen molar-refractivity contribution in [2.45, 2.75) is 31.6 Å². The molecule has 2 aromatic rings. The maximum absolute atomic E-state index is 14.1. The van der Waals surface area contributed by atoms with Crippen molar-refractivity contribution in [3.05, 3.63) is 82.3 Å². The first-order chi connectivity index (χ1) is 16.0. The van der Waals surface area contributed by atoms with E-state index < -0.39 is 11.3 Å². The zero-order valence-corrected chi connectivity index (χ0v) is 18.3. The van der Waals surface area contributed by atoms with Crippen molar-refractivity contribution in [1.82, 2.24) is 0 Å². The quantitative estimate of drug-likeness (QED) is 0.732. The molecule has 162 valence electrons. The number of nitrogens with zero attached hydrogens (tertiary/aromatic N) is 3. The Balaban J connectivity index is 1.91. The van der Waals surface area contributed by atoms with Crippen LogP contribution in [0.15, 0.2) is 71.2 Å². The molecule has 1 aliphatic carbocycles. The highest BCUT2D eigenvalue weighted by Crippen LogP contribution is 2.56. The van der Waals surface area contributed by atoms with Gasteiger partial charge in [-0.3, -0.25) is 19.4 Å². The highest BCUT2D eigenvalue weighted by Gasteiger charge is 2.62. The number of anilines is 2. The molecule has 0 saturated heterocycles. The fourth-order valence-corrected chi connectivity index (χ4v) is 5.47. The van der Waals surface area contributed by atoms with Gasteiger partial charge in [0.2, 0.25) is 5.91 Å². The Labute approximate surface area is 192 Å². The summed E-state index contributed by atoms with van der Waals surface area (Å²) in [7, 11) is 0. The molecule has 2 aliphatic heterocycles. The van der Waals surface area contributed by atoms with Gasteiger partial charge in [-0.1, -0.05) is 42.3 Å². The normalized spacial score (nSPS) is 21.8. The Hall–Kier alpha value is -4.29. The van der Waals surface area contributed by atoms with Crippen molar-refractivity contribution >= 4 is 23.1 Å². The van der Waals surface area contributed by atoms with Crippen LogP contribution in [0.5, 0.6) is 0 Å². The third-order valence-electron chi connectivity index (χ3n) is 6.78. The number of Topliss-reactive ketones (excluding diaryl/α,β-unsaturated/α-hetero) is 1. The van der Waals surface area contributed by atoms with Crippen LogP contribution >= 0.6 is 0 Å². The van der Waals surface area contributed by atoms with Gasteiger partial charge in [-0.05, 0) is 37.5 Å². The van der Waals surface area contributed by atoms with Gasteiger partial charge in [0.1, 0.15) is 17.3 Å². The first kappa shape index (κ1) is 20.6. The van der Waals surface area contributed by atoms with Crippen molar-refractivity contribution < 1.29 is 9.59 Å². The summed E-state index contributed by atoms with van der Waals surface area (Å²) >= 11 is 0. The Morgan fingerprint density at radius 2 is 1.79 bits per heavy atom. The van der Waals surface area contributed by atoms with Crippen LogP contribution in [0.2, 0.25) is 0 Å². The third-order valence-corrected chi connectivity index (χ3v) is 6.78. The van der Waals surface area contributed by atoms with Crippen LogP contribution in [0.4, 0.5) is 11.4 Å². The molecule has 6 nitrogen and oxygen atoms in total. The van der Waals surface area contributed by atoms with E-state index in [1.54, 1.807) is 23.1 Å². The number of allylic oxidation sites excluding steroid dienone is 1. The molecule has 1 spiro atoms. The minimum atomic E-state index is -1.59. The zero-order valence-electron chi connectivity index (χ0n) is 18.3. The topological polar surface area (TPSA) is 90.4 Å². The maximum atomic E-state index is 14.1. The third kappa shape index (κ3) is 2.55. The van der Waals surface area contributed by atoms with Gasteiger partial charge in [-0.15, -0.1) is 6.42 Å². The lowest BCUT2D eigenvalue weighted by molar-refractivity contribution is -0.124. The lowest BCUT2D eigenvalue weighted by Gasteiger charge is -2.44. The number of hydrogen-bond acceptors (Lipinski definition) is 5. The Morgan fingerprint density at radius 1 is 1.09 bits per heavy atom. The summed E-state index contributed by atoms with van der Waals surface area (Å²) in [6.45, 7) is 1.99. The van der Waals surface area contributed by atoms with Gasteiger partial charge < -0.3 is 5.73 Å². The van der Waals surface area contributed by atoms with Crippen LogP contribution < -0.4 is 15.5 Å². The molecule has 1 amide bonds. The van der Waals surface area contributed by atoms with Crippen molar-refractivity contribution in [2.75, 3.05) is 16.3 Å². The molecule has 2 N–H and O–H groups in total. The Bertz CT molecular complexity index is 1370. The number of carbonyl (C=O) groups excluding carboxylic acids is 2. The van der Waals surface area contributed by atoms with E-state index in [9.17, 15) is 14.9 Å². The zero-order chi connectivity index (χ0) is 23.3. The lowest BCUT2D eigenvalue weighted by atomic mass is 9.63. The summed E-state index contributed by atoms with van der Waals surface area (Å²) in [5.74, 6) is 2.17. The van der Waals surface area contributed by atoms with Crippen LogP contribution in [0.3, 0.4) is 0 Å². The molecule has 2 heterocycles. The first-order valence-corrected chi connectivity index (χ1v) is 10.9. The SMILES string of the molecule is C#CCN1C(=O)C2(C(C#N)=C(N)N(c3ccccc3C)C3=C2C(=O)CCC3)c2ccccc21. The number of terminal acetylenes is 1. The van der Waals surface area contributed by atoms with Crippen molar-refractivity contribution in [3.63, 3.8) is 0 Å². The average Bonchev–Trinajstić information content (AvgIpc) is 3.05. The number of nitriles is 1. The fraction of sp³-hybridized carbons (Fsp3) is 0.222. The van der Waals surface area contributed by atoms with E-state index in [0.717, 1.165) is 11.3 Å². The molecule has 1 unspecified atom stereocenters. The van der Waals surface area contributed by atoms with E-state index in [1.165, 1.54) is 4.90 Å². The Morgan fingerprint density at radius 3 is 2.48 bits per heavy atom. The largest absolute Gasteiger partial charge is 0.384 e. The van der Waals surface area contributed by atoms with E-state index in [-0.39, 0.29) is 23.7 Å². The smallest absolute Gasteiger partial charge is 0.248 e. The van der Waals surface area contributed by atoms with E-state index >= 15 is 0 Å². The summed E-state index contributed by atoms with van der Waals surface area (Å²) in [6.07, 6.45) is 7.11. The van der Waals surface area contributed by atoms with E-state index in [1.807, 2.05) is 37.3 Å². The molecule has 0 saturated carbocycles. The fourth-order valence-electron chi connectivity index (χ4n) is 5.47. The van der Waals surface area contributed by atoms with Crippen LogP contribution in [0.25, 0.3) is 0 Å². The molecule has 5 rings (SSSR count). The van der Waals surface area contributed by atoms with Gasteiger partial charge >= 0.3 is 0 Å². The number of hydrogen-bond donors (Lipinski definition) is 1. The number of benzene rings is 2. The predicted octanol–water partition coefficient (Wildman–Crippen LogP) is 3.43. The van der Waals surface area contributed by atoms with Crippen molar-refractivity contribution in [2.24, 2.45) is 5.73 Å². The molecular weight excluding hydrogens is 412 g/mol. The van der Waals surface area contributed by atoms with E-state index in [4.69, 9.17) is 12.2 Å². The molecule has 1 atom stereocenters. The predicted molar refractivity (Wildman–Crippen MR) is 126 cm³/mol. The van der Waals surface area contributed by atoms with Gasteiger partial charge in [0, 0.05) is 28.9 Å². The van der Waals surface area contributed by atoms with Gasteiger partial charge in [0.05, 0.1) is 17.8 Å². The van der Waals surface area contributed by atoms with Crippen LogP contribution in [0, 0.1) is 30.6 Å².